The fourth-order valence-electron chi connectivity index (χ4n) is 1.49. The molecule has 1 aromatic heterocycles. The van der Waals surface area contributed by atoms with Crippen molar-refractivity contribution in [2.24, 2.45) is 5.73 Å². The van der Waals surface area contributed by atoms with Crippen molar-refractivity contribution < 1.29 is 0 Å². The van der Waals surface area contributed by atoms with Gasteiger partial charge in [0.2, 0.25) is 0 Å². The Balaban J connectivity index is 2.08. The third kappa shape index (κ3) is 2.60. The van der Waals surface area contributed by atoms with E-state index in [0.29, 0.717) is 0 Å². The Bertz CT molecular complexity index is 400. The average molecular weight is 199 g/mol. The Morgan fingerprint density at radius 1 is 1.13 bits per heavy atom. The third-order valence-electron chi connectivity index (χ3n) is 2.28. The zero-order valence-electron chi connectivity index (χ0n) is 8.38. The van der Waals surface area contributed by atoms with Gasteiger partial charge in [0, 0.05) is 6.20 Å². The molecule has 0 aliphatic rings. The summed E-state index contributed by atoms with van der Waals surface area (Å²) >= 11 is 0. The van der Waals surface area contributed by atoms with Crippen LogP contribution >= 0.6 is 0 Å². The van der Waals surface area contributed by atoms with Gasteiger partial charge in [0.15, 0.2) is 0 Å². The molecule has 3 nitrogen and oxygen atoms in total. The van der Waals surface area contributed by atoms with Gasteiger partial charge in [-0.05, 0) is 18.1 Å². The molecular formula is C12H13N3. The summed E-state index contributed by atoms with van der Waals surface area (Å²) in [6, 6.07) is 12.0. The van der Waals surface area contributed by atoms with Gasteiger partial charge >= 0.3 is 0 Å². The van der Waals surface area contributed by atoms with E-state index in [1.54, 1.807) is 6.20 Å². The van der Waals surface area contributed by atoms with Crippen molar-refractivity contribution in [3.63, 3.8) is 0 Å². The van der Waals surface area contributed by atoms with Crippen LogP contribution in [0.1, 0.15) is 17.3 Å². The van der Waals surface area contributed by atoms with Gasteiger partial charge in [-0.1, -0.05) is 30.3 Å². The van der Waals surface area contributed by atoms with Gasteiger partial charge in [0.25, 0.3) is 0 Å². The predicted octanol–water partition coefficient (Wildman–Crippen LogP) is 1.72. The first-order valence-electron chi connectivity index (χ1n) is 4.91. The molecule has 0 bridgehead atoms. The summed E-state index contributed by atoms with van der Waals surface area (Å²) in [5.41, 5.74) is 8.15. The molecule has 2 N–H and O–H groups in total. The van der Waals surface area contributed by atoms with Crippen LogP contribution in [0.25, 0.3) is 0 Å². The molecule has 0 spiro atoms. The van der Waals surface area contributed by atoms with E-state index in [2.05, 4.69) is 22.1 Å². The zero-order valence-corrected chi connectivity index (χ0v) is 8.38. The van der Waals surface area contributed by atoms with E-state index in [1.807, 2.05) is 24.3 Å². The number of rotatable bonds is 3. The van der Waals surface area contributed by atoms with Gasteiger partial charge in [-0.3, -0.25) is 0 Å². The Labute approximate surface area is 89.0 Å². The fraction of sp³-hybridized carbons (Fsp3) is 0.167. The molecule has 0 radical (unpaired) electrons. The molecule has 0 fully saturated rings. The van der Waals surface area contributed by atoms with Crippen molar-refractivity contribution in [2.75, 3.05) is 0 Å². The van der Waals surface area contributed by atoms with Crippen molar-refractivity contribution in [1.29, 1.82) is 0 Å². The van der Waals surface area contributed by atoms with E-state index in [0.717, 1.165) is 12.1 Å². The largest absolute Gasteiger partial charge is 0.322 e. The third-order valence-corrected chi connectivity index (χ3v) is 2.28. The summed E-state index contributed by atoms with van der Waals surface area (Å²) in [7, 11) is 0. The van der Waals surface area contributed by atoms with Gasteiger partial charge in [0.1, 0.15) is 6.33 Å². The normalized spacial score (nSPS) is 12.3. The molecule has 1 heterocycles. The highest BCUT2D eigenvalue weighted by Gasteiger charge is 2.07. The first kappa shape index (κ1) is 9.80. The predicted molar refractivity (Wildman–Crippen MR) is 59.1 cm³/mol. The Morgan fingerprint density at radius 2 is 1.93 bits per heavy atom. The van der Waals surface area contributed by atoms with Crippen LogP contribution in [0.4, 0.5) is 0 Å². The number of nitrogens with zero attached hydrogens (tertiary/aromatic N) is 2. The van der Waals surface area contributed by atoms with E-state index in [4.69, 9.17) is 5.73 Å². The minimum atomic E-state index is -0.0598. The minimum absolute atomic E-state index is 0.0598. The maximum Gasteiger partial charge on any atom is 0.115 e. The van der Waals surface area contributed by atoms with Gasteiger partial charge in [-0.15, -0.1) is 0 Å². The summed E-state index contributed by atoms with van der Waals surface area (Å²) in [6.07, 6.45) is 4.05. The van der Waals surface area contributed by atoms with Crippen LogP contribution in [-0.2, 0) is 6.42 Å². The molecule has 0 aliphatic heterocycles. The van der Waals surface area contributed by atoms with Crippen LogP contribution in [0.2, 0.25) is 0 Å². The van der Waals surface area contributed by atoms with Crippen molar-refractivity contribution in [3.8, 4) is 0 Å². The van der Waals surface area contributed by atoms with Crippen LogP contribution in [0.5, 0.6) is 0 Å². The molecule has 2 rings (SSSR count). The van der Waals surface area contributed by atoms with Crippen molar-refractivity contribution >= 4 is 0 Å². The fourth-order valence-corrected chi connectivity index (χ4v) is 1.49. The highest BCUT2D eigenvalue weighted by molar-refractivity contribution is 5.18. The molecule has 0 saturated heterocycles. The number of hydrogen-bond donors (Lipinski definition) is 1. The molecule has 1 aromatic carbocycles. The van der Waals surface area contributed by atoms with E-state index in [9.17, 15) is 0 Å². The first-order valence-corrected chi connectivity index (χ1v) is 4.91. The molecule has 0 aliphatic carbocycles. The van der Waals surface area contributed by atoms with Crippen LogP contribution < -0.4 is 5.73 Å². The van der Waals surface area contributed by atoms with Crippen LogP contribution in [-0.4, -0.2) is 9.97 Å². The topological polar surface area (TPSA) is 51.8 Å². The highest BCUT2D eigenvalue weighted by atomic mass is 14.8. The molecule has 15 heavy (non-hydrogen) atoms. The lowest BCUT2D eigenvalue weighted by atomic mass is 10.0. The van der Waals surface area contributed by atoms with E-state index >= 15 is 0 Å². The first-order chi connectivity index (χ1) is 7.36. The molecular weight excluding hydrogens is 186 g/mol. The van der Waals surface area contributed by atoms with Crippen molar-refractivity contribution in [2.45, 2.75) is 12.5 Å². The second kappa shape index (κ2) is 4.66. The summed E-state index contributed by atoms with van der Waals surface area (Å²) in [6.45, 7) is 0. The molecule has 3 heteroatoms. The SMILES string of the molecule is NC(Cc1ccccc1)c1ccncn1. The second-order valence-electron chi connectivity index (χ2n) is 3.43. The van der Waals surface area contributed by atoms with E-state index in [1.165, 1.54) is 11.9 Å². The maximum atomic E-state index is 6.04. The summed E-state index contributed by atoms with van der Waals surface area (Å²) < 4.78 is 0. The summed E-state index contributed by atoms with van der Waals surface area (Å²) in [4.78, 5) is 8.01. The molecule has 1 atom stereocenters. The van der Waals surface area contributed by atoms with Crippen LogP contribution in [0.3, 0.4) is 0 Å². The maximum absolute atomic E-state index is 6.04. The zero-order chi connectivity index (χ0) is 10.5. The molecule has 0 amide bonds. The van der Waals surface area contributed by atoms with Crippen LogP contribution in [0.15, 0.2) is 48.9 Å². The monoisotopic (exact) mass is 199 g/mol. The van der Waals surface area contributed by atoms with E-state index in [-0.39, 0.29) is 6.04 Å². The highest BCUT2D eigenvalue weighted by Crippen LogP contribution is 2.12. The molecule has 1 unspecified atom stereocenters. The van der Waals surface area contributed by atoms with Gasteiger partial charge in [-0.25, -0.2) is 9.97 Å². The summed E-state index contributed by atoms with van der Waals surface area (Å²) in [5.74, 6) is 0. The number of benzene rings is 1. The Morgan fingerprint density at radius 3 is 2.60 bits per heavy atom. The number of hydrogen-bond acceptors (Lipinski definition) is 3. The molecule has 2 aromatic rings. The van der Waals surface area contributed by atoms with Crippen molar-refractivity contribution in [1.82, 2.24) is 9.97 Å². The molecule has 76 valence electrons. The van der Waals surface area contributed by atoms with Gasteiger partial charge < -0.3 is 5.73 Å². The Kier molecular flexibility index (Phi) is 3.05. The average Bonchev–Trinajstić information content (AvgIpc) is 2.31. The summed E-state index contributed by atoms with van der Waals surface area (Å²) in [5, 5.41) is 0. The van der Waals surface area contributed by atoms with E-state index < -0.39 is 0 Å². The van der Waals surface area contributed by atoms with Gasteiger partial charge in [-0.2, -0.15) is 0 Å². The standard InChI is InChI=1S/C12H13N3/c13-11(12-6-7-14-9-15-12)8-10-4-2-1-3-5-10/h1-7,9,11H,8,13H2. The molecule has 0 saturated carbocycles. The lowest BCUT2D eigenvalue weighted by Crippen LogP contribution is -2.14. The van der Waals surface area contributed by atoms with Crippen LogP contribution in [0, 0.1) is 0 Å². The second-order valence-corrected chi connectivity index (χ2v) is 3.43. The minimum Gasteiger partial charge on any atom is -0.322 e. The Hall–Kier alpha value is -1.74. The number of nitrogens with two attached hydrogens (primary N) is 1. The lowest BCUT2D eigenvalue weighted by Gasteiger charge is -2.10. The smallest absolute Gasteiger partial charge is 0.115 e. The van der Waals surface area contributed by atoms with Crippen molar-refractivity contribution in [3.05, 3.63) is 60.2 Å². The van der Waals surface area contributed by atoms with Gasteiger partial charge in [0.05, 0.1) is 11.7 Å². The lowest BCUT2D eigenvalue weighted by molar-refractivity contribution is 0.693. The number of aromatic nitrogens is 2. The quantitative estimate of drug-likeness (QED) is 0.818.